The Bertz CT molecular complexity index is 397. The van der Waals surface area contributed by atoms with E-state index in [1.165, 1.54) is 0 Å². The van der Waals surface area contributed by atoms with E-state index in [1.54, 1.807) is 0 Å². The lowest BCUT2D eigenvalue weighted by Gasteiger charge is -2.31. The molecule has 0 aliphatic heterocycles. The zero-order chi connectivity index (χ0) is 14.5. The van der Waals surface area contributed by atoms with Crippen molar-refractivity contribution < 1.29 is 52.5 Å². The van der Waals surface area contributed by atoms with Crippen LogP contribution in [0.2, 0.25) is 0 Å². The summed E-state index contributed by atoms with van der Waals surface area (Å²) in [5, 5.41) is -7.00. The van der Waals surface area contributed by atoms with E-state index in [1.807, 2.05) is 0 Å². The van der Waals surface area contributed by atoms with Crippen LogP contribution in [-0.4, -0.2) is 36.2 Å². The third-order valence-electron chi connectivity index (χ3n) is 1.44. The second-order valence-corrected chi connectivity index (χ2v) is 4.10. The minimum absolute atomic E-state index is 0. The van der Waals surface area contributed by atoms with Crippen molar-refractivity contribution in [3.8, 4) is 0 Å². The van der Waals surface area contributed by atoms with Crippen molar-refractivity contribution in [3.05, 3.63) is 0 Å². The topological polar surface area (TPSA) is 54.4 Å². The second kappa shape index (κ2) is 4.63. The molecule has 0 fully saturated rings. The van der Waals surface area contributed by atoms with E-state index in [0.29, 0.717) is 0 Å². The van der Waals surface area contributed by atoms with Gasteiger partial charge in [-0.3, -0.25) is 4.55 Å². The Balaban J connectivity index is 0. The van der Waals surface area contributed by atoms with Gasteiger partial charge in [-0.25, -0.2) is 0 Å². The Morgan fingerprint density at radius 2 is 1.00 bits per heavy atom. The molecular formula is C4H3F9O3S2. The zero-order valence-electron chi connectivity index (χ0n) is 7.57. The predicted octanol–water partition coefficient (Wildman–Crippen LogP) is 2.41. The van der Waals surface area contributed by atoms with E-state index in [9.17, 15) is 47.9 Å². The fourth-order valence-electron chi connectivity index (χ4n) is 0.523. The maximum Gasteiger partial charge on any atom is 0.460 e. The molecule has 0 aliphatic carbocycles. The molecule has 0 unspecified atom stereocenters. The Morgan fingerprint density at radius 3 is 1.17 bits per heavy atom. The van der Waals surface area contributed by atoms with Crippen LogP contribution in [0.3, 0.4) is 0 Å². The van der Waals surface area contributed by atoms with E-state index in [-0.39, 0.29) is 13.5 Å². The minimum Gasteiger partial charge on any atom is -0.281 e. The first kappa shape index (κ1) is 20.0. The van der Waals surface area contributed by atoms with Gasteiger partial charge < -0.3 is 0 Å². The molecule has 0 saturated heterocycles. The molecular weight excluding hydrogens is 331 g/mol. The van der Waals surface area contributed by atoms with Crippen LogP contribution >= 0.6 is 13.5 Å². The standard InChI is InChI=1S/C4HF9O3S.H2S/c5-1(6,3(9,10)11)2(7,8)4(12,13)17(14,15)16;/h(H,14,15,16);1H2. The maximum absolute atomic E-state index is 12.2. The van der Waals surface area contributed by atoms with E-state index < -0.39 is 33.4 Å². The van der Waals surface area contributed by atoms with Crippen molar-refractivity contribution in [1.82, 2.24) is 0 Å². The number of hydrogen-bond acceptors (Lipinski definition) is 2. The summed E-state index contributed by atoms with van der Waals surface area (Å²) in [4.78, 5) is 0. The summed E-state index contributed by atoms with van der Waals surface area (Å²) in [6.45, 7) is 0. The van der Waals surface area contributed by atoms with Gasteiger partial charge in [0, 0.05) is 0 Å². The highest BCUT2D eigenvalue weighted by molar-refractivity contribution is 7.87. The lowest BCUT2D eigenvalue weighted by Crippen LogP contribution is -2.63. The van der Waals surface area contributed by atoms with Crippen LogP contribution < -0.4 is 0 Å². The predicted molar refractivity (Wildman–Crippen MR) is 42.8 cm³/mol. The molecule has 0 aromatic rings. The van der Waals surface area contributed by atoms with Crippen LogP contribution in [0.4, 0.5) is 39.5 Å². The molecule has 0 radical (unpaired) electrons. The molecule has 0 aliphatic rings. The van der Waals surface area contributed by atoms with Gasteiger partial charge in [0.1, 0.15) is 0 Å². The zero-order valence-corrected chi connectivity index (χ0v) is 9.39. The van der Waals surface area contributed by atoms with Gasteiger partial charge in [-0.05, 0) is 0 Å². The molecule has 0 aromatic heterocycles. The van der Waals surface area contributed by atoms with Gasteiger partial charge in [-0.1, -0.05) is 0 Å². The monoisotopic (exact) mass is 334 g/mol. The smallest absolute Gasteiger partial charge is 0.281 e. The lowest BCUT2D eigenvalue weighted by atomic mass is 10.1. The van der Waals surface area contributed by atoms with Crippen molar-refractivity contribution >= 4 is 23.6 Å². The molecule has 0 amide bonds. The second-order valence-electron chi connectivity index (χ2n) is 2.64. The van der Waals surface area contributed by atoms with Gasteiger partial charge in [-0.2, -0.15) is 61.4 Å². The van der Waals surface area contributed by atoms with Crippen LogP contribution in [0.1, 0.15) is 0 Å². The number of rotatable bonds is 3. The molecule has 0 spiro atoms. The molecule has 0 aromatic carbocycles. The fourth-order valence-corrected chi connectivity index (χ4v) is 0.975. The van der Waals surface area contributed by atoms with Crippen LogP contribution in [-0.2, 0) is 10.1 Å². The third kappa shape index (κ3) is 2.64. The summed E-state index contributed by atoms with van der Waals surface area (Å²) in [5.74, 6) is -14.7. The van der Waals surface area contributed by atoms with E-state index in [4.69, 9.17) is 4.55 Å². The van der Waals surface area contributed by atoms with Gasteiger partial charge in [-0.15, -0.1) is 0 Å². The summed E-state index contributed by atoms with van der Waals surface area (Å²) >= 11 is 0. The molecule has 0 saturated carbocycles. The maximum atomic E-state index is 12.2. The Morgan fingerprint density at radius 1 is 0.722 bits per heavy atom. The number of halogens is 9. The molecule has 3 nitrogen and oxygen atoms in total. The number of hydrogen-bond donors (Lipinski definition) is 1. The normalized spacial score (nSPS) is 15.2. The van der Waals surface area contributed by atoms with Crippen molar-refractivity contribution in [2.24, 2.45) is 0 Å². The average molecular weight is 334 g/mol. The quantitative estimate of drug-likeness (QED) is 0.637. The lowest BCUT2D eigenvalue weighted by molar-refractivity contribution is -0.382. The highest BCUT2D eigenvalue weighted by Gasteiger charge is 2.85. The highest BCUT2D eigenvalue weighted by atomic mass is 32.2. The van der Waals surface area contributed by atoms with Gasteiger partial charge in [0.05, 0.1) is 0 Å². The van der Waals surface area contributed by atoms with Crippen molar-refractivity contribution in [2.45, 2.75) is 23.3 Å². The SMILES string of the molecule is O=S(=O)(O)C(F)(F)C(F)(F)C(F)(F)C(F)(F)F.S. The molecule has 14 heteroatoms. The molecule has 0 heterocycles. The molecule has 1 N–H and O–H groups in total. The van der Waals surface area contributed by atoms with E-state index >= 15 is 0 Å². The summed E-state index contributed by atoms with van der Waals surface area (Å²) in [6, 6.07) is 0. The Kier molecular flexibility index (Phi) is 5.13. The molecule has 0 rings (SSSR count). The first-order valence-electron chi connectivity index (χ1n) is 3.17. The molecule has 18 heavy (non-hydrogen) atoms. The van der Waals surface area contributed by atoms with E-state index in [0.717, 1.165) is 0 Å². The fraction of sp³-hybridized carbons (Fsp3) is 1.00. The van der Waals surface area contributed by atoms with Crippen molar-refractivity contribution in [1.29, 1.82) is 0 Å². The van der Waals surface area contributed by atoms with Crippen LogP contribution in [0.25, 0.3) is 0 Å². The highest BCUT2D eigenvalue weighted by Crippen LogP contribution is 2.54. The van der Waals surface area contributed by atoms with Gasteiger partial charge in [0.2, 0.25) is 0 Å². The molecule has 0 atom stereocenters. The van der Waals surface area contributed by atoms with Gasteiger partial charge in [0.25, 0.3) is 0 Å². The van der Waals surface area contributed by atoms with Crippen LogP contribution in [0.15, 0.2) is 0 Å². The first-order chi connectivity index (χ1) is 7.00. The van der Waals surface area contributed by atoms with Crippen molar-refractivity contribution in [3.63, 3.8) is 0 Å². The van der Waals surface area contributed by atoms with E-state index in [2.05, 4.69) is 0 Å². The average Bonchev–Trinajstić information content (AvgIpc) is 1.98. The van der Waals surface area contributed by atoms with Crippen LogP contribution in [0, 0.1) is 0 Å². The first-order valence-corrected chi connectivity index (χ1v) is 4.61. The Hall–Kier alpha value is -0.370. The number of alkyl halides is 9. The molecule has 112 valence electrons. The minimum atomic E-state index is -7.37. The van der Waals surface area contributed by atoms with Crippen LogP contribution in [0.5, 0.6) is 0 Å². The third-order valence-corrected chi connectivity index (χ3v) is 2.34. The summed E-state index contributed by atoms with van der Waals surface area (Å²) < 4.78 is 134. The largest absolute Gasteiger partial charge is 0.460 e. The molecule has 0 bridgehead atoms. The summed E-state index contributed by atoms with van der Waals surface area (Å²) in [6.07, 6.45) is -7.13. The van der Waals surface area contributed by atoms with Crippen molar-refractivity contribution in [2.75, 3.05) is 0 Å². The summed E-state index contributed by atoms with van der Waals surface area (Å²) in [7, 11) is -7.17. The summed E-state index contributed by atoms with van der Waals surface area (Å²) in [5.41, 5.74) is 0. The van der Waals surface area contributed by atoms with Gasteiger partial charge >= 0.3 is 33.4 Å². The van der Waals surface area contributed by atoms with Gasteiger partial charge in [0.15, 0.2) is 0 Å². The Labute approximate surface area is 100 Å².